The summed E-state index contributed by atoms with van der Waals surface area (Å²) in [5.41, 5.74) is 1.86. The zero-order valence-electron chi connectivity index (χ0n) is 23.5. The van der Waals surface area contributed by atoms with E-state index in [0.29, 0.717) is 12.3 Å². The molecule has 0 saturated carbocycles. The summed E-state index contributed by atoms with van der Waals surface area (Å²) >= 11 is 9.72. The number of ether oxygens (including phenoxy) is 1. The Morgan fingerprint density at radius 1 is 1.00 bits per heavy atom. The summed E-state index contributed by atoms with van der Waals surface area (Å²) in [6.45, 7) is 3.98. The smallest absolute Gasteiger partial charge is 0.244 e. The maximum atomic E-state index is 14.1. The van der Waals surface area contributed by atoms with Gasteiger partial charge < -0.3 is 15.0 Å². The van der Waals surface area contributed by atoms with Crippen molar-refractivity contribution in [3.05, 3.63) is 93.4 Å². The topological polar surface area (TPSA) is 96.0 Å². The summed E-state index contributed by atoms with van der Waals surface area (Å²) in [6, 6.07) is 20.4. The zero-order chi connectivity index (χ0) is 30.2. The predicted molar refractivity (Wildman–Crippen MR) is 167 cm³/mol. The maximum absolute atomic E-state index is 14.1. The first-order valence-electron chi connectivity index (χ1n) is 13.1. The van der Waals surface area contributed by atoms with Gasteiger partial charge in [0.25, 0.3) is 0 Å². The molecule has 0 bridgehead atoms. The lowest BCUT2D eigenvalue weighted by atomic mass is 10.0. The summed E-state index contributed by atoms with van der Waals surface area (Å²) in [7, 11) is -2.45. The molecule has 0 spiro atoms. The Morgan fingerprint density at radius 3 is 2.22 bits per heavy atom. The van der Waals surface area contributed by atoms with Gasteiger partial charge in [0.05, 0.1) is 24.1 Å². The van der Waals surface area contributed by atoms with Crippen molar-refractivity contribution >= 4 is 55.1 Å². The minimum atomic E-state index is -3.91. The van der Waals surface area contributed by atoms with E-state index in [1.807, 2.05) is 68.4 Å². The normalized spacial score (nSPS) is 12.1. The number of nitrogens with zero attached hydrogens (tertiary/aromatic N) is 2. The van der Waals surface area contributed by atoms with Crippen LogP contribution in [0.1, 0.15) is 25.0 Å². The number of rotatable bonds is 13. The predicted octanol–water partition coefficient (Wildman–Crippen LogP) is 5.29. The first-order valence-corrected chi connectivity index (χ1v) is 16.1. The van der Waals surface area contributed by atoms with Gasteiger partial charge in [-0.25, -0.2) is 8.42 Å². The third kappa shape index (κ3) is 9.48. The third-order valence-corrected chi connectivity index (χ3v) is 8.29. The molecule has 1 unspecified atom stereocenters. The van der Waals surface area contributed by atoms with Gasteiger partial charge in [-0.1, -0.05) is 83.8 Å². The van der Waals surface area contributed by atoms with Crippen LogP contribution >= 0.6 is 27.5 Å². The van der Waals surface area contributed by atoms with Gasteiger partial charge in [0, 0.05) is 24.0 Å². The highest BCUT2D eigenvalue weighted by molar-refractivity contribution is 9.10. The molecule has 3 aromatic carbocycles. The maximum Gasteiger partial charge on any atom is 0.244 e. The fraction of sp³-hybridized carbons (Fsp3) is 0.333. The molecular formula is C30H35BrClN3O5S. The van der Waals surface area contributed by atoms with E-state index in [-0.39, 0.29) is 35.5 Å². The fourth-order valence-electron chi connectivity index (χ4n) is 4.19. The highest BCUT2D eigenvalue weighted by Gasteiger charge is 2.33. The number of methoxy groups -OCH3 is 1. The van der Waals surface area contributed by atoms with Crippen molar-refractivity contribution in [1.82, 2.24) is 10.2 Å². The molecule has 1 N–H and O–H groups in total. The van der Waals surface area contributed by atoms with Crippen LogP contribution in [-0.2, 0) is 32.6 Å². The molecule has 0 aliphatic heterocycles. The Hall–Kier alpha value is -3.08. The van der Waals surface area contributed by atoms with Gasteiger partial charge in [-0.05, 0) is 47.4 Å². The van der Waals surface area contributed by atoms with Gasteiger partial charge in [-0.15, -0.1) is 0 Å². The molecule has 11 heteroatoms. The standard InChI is InChI=1S/C30H35BrClN3O5S/c1-21(2)18-33-30(37)27(16-22-8-6-5-7-9-22)34(19-23-10-12-24(31)13-11-23)29(36)20-35(41(4,38)39)25-14-15-28(40-3)26(32)17-25/h5-15,17,21,27H,16,18-20H2,1-4H3,(H,33,37). The van der Waals surface area contributed by atoms with Crippen LogP contribution in [0.2, 0.25) is 5.02 Å². The number of nitrogens with one attached hydrogen (secondary N) is 1. The quantitative estimate of drug-likeness (QED) is 0.268. The van der Waals surface area contributed by atoms with Crippen molar-refractivity contribution in [2.24, 2.45) is 5.92 Å². The molecule has 2 amide bonds. The second-order valence-electron chi connectivity index (χ2n) is 10.1. The minimum Gasteiger partial charge on any atom is -0.495 e. The van der Waals surface area contributed by atoms with Crippen molar-refractivity contribution in [2.75, 3.05) is 30.8 Å². The molecule has 8 nitrogen and oxygen atoms in total. The number of anilines is 1. The molecule has 0 saturated heterocycles. The molecule has 3 aromatic rings. The monoisotopic (exact) mass is 663 g/mol. The summed E-state index contributed by atoms with van der Waals surface area (Å²) in [4.78, 5) is 29.2. The van der Waals surface area contributed by atoms with Gasteiger partial charge >= 0.3 is 0 Å². The Kier molecular flexibility index (Phi) is 11.6. The van der Waals surface area contributed by atoms with Crippen LogP contribution in [0.25, 0.3) is 0 Å². The van der Waals surface area contributed by atoms with E-state index >= 15 is 0 Å². The van der Waals surface area contributed by atoms with E-state index in [1.54, 1.807) is 0 Å². The first kappa shape index (κ1) is 32.4. The number of carbonyl (C=O) groups excluding carboxylic acids is 2. The molecule has 0 fully saturated rings. The van der Waals surface area contributed by atoms with Crippen molar-refractivity contribution in [2.45, 2.75) is 32.9 Å². The van der Waals surface area contributed by atoms with Crippen LogP contribution in [0.5, 0.6) is 5.75 Å². The summed E-state index contributed by atoms with van der Waals surface area (Å²) in [6.07, 6.45) is 1.27. The zero-order valence-corrected chi connectivity index (χ0v) is 26.7. The molecule has 220 valence electrons. The number of hydrogen-bond acceptors (Lipinski definition) is 5. The Labute approximate surface area is 255 Å². The van der Waals surface area contributed by atoms with Gasteiger partial charge in [-0.2, -0.15) is 0 Å². The van der Waals surface area contributed by atoms with Crippen molar-refractivity contribution in [3.63, 3.8) is 0 Å². The number of amides is 2. The molecule has 0 aliphatic carbocycles. The number of sulfonamides is 1. The highest BCUT2D eigenvalue weighted by Crippen LogP contribution is 2.30. The molecular weight excluding hydrogens is 630 g/mol. The second-order valence-corrected chi connectivity index (χ2v) is 13.3. The van der Waals surface area contributed by atoms with E-state index < -0.39 is 28.5 Å². The van der Waals surface area contributed by atoms with Crippen LogP contribution in [0.3, 0.4) is 0 Å². The van der Waals surface area contributed by atoms with Crippen LogP contribution in [0.15, 0.2) is 77.3 Å². The van der Waals surface area contributed by atoms with Gasteiger partial charge in [0.15, 0.2) is 0 Å². The molecule has 1 atom stereocenters. The van der Waals surface area contributed by atoms with Crippen LogP contribution in [0, 0.1) is 5.92 Å². The first-order chi connectivity index (χ1) is 19.4. The largest absolute Gasteiger partial charge is 0.495 e. The lowest BCUT2D eigenvalue weighted by Gasteiger charge is -2.33. The van der Waals surface area contributed by atoms with Crippen LogP contribution < -0.4 is 14.4 Å². The Bertz CT molecular complexity index is 1440. The average Bonchev–Trinajstić information content (AvgIpc) is 2.93. The van der Waals surface area contributed by atoms with Crippen LogP contribution in [0.4, 0.5) is 5.69 Å². The second kappa shape index (κ2) is 14.7. The van der Waals surface area contributed by atoms with E-state index in [1.165, 1.54) is 30.2 Å². The third-order valence-electron chi connectivity index (χ3n) is 6.32. The number of carbonyl (C=O) groups is 2. The van der Waals surface area contributed by atoms with E-state index in [4.69, 9.17) is 16.3 Å². The lowest BCUT2D eigenvalue weighted by molar-refractivity contribution is -0.140. The Morgan fingerprint density at radius 2 is 1.66 bits per heavy atom. The van der Waals surface area contributed by atoms with E-state index in [0.717, 1.165) is 26.2 Å². The van der Waals surface area contributed by atoms with E-state index in [2.05, 4.69) is 21.2 Å². The minimum absolute atomic E-state index is 0.0969. The SMILES string of the molecule is COc1ccc(N(CC(=O)N(Cc2ccc(Br)cc2)C(Cc2ccccc2)C(=O)NCC(C)C)S(C)(=O)=O)cc1Cl. The molecule has 0 aromatic heterocycles. The molecule has 0 radical (unpaired) electrons. The molecule has 41 heavy (non-hydrogen) atoms. The number of benzene rings is 3. The van der Waals surface area contributed by atoms with Gasteiger partial charge in [0.2, 0.25) is 21.8 Å². The van der Waals surface area contributed by atoms with Gasteiger partial charge in [0.1, 0.15) is 18.3 Å². The fourth-order valence-corrected chi connectivity index (χ4v) is 5.54. The van der Waals surface area contributed by atoms with Crippen LogP contribution in [-0.4, -0.2) is 57.6 Å². The summed E-state index contributed by atoms with van der Waals surface area (Å²) < 4.78 is 32.9. The molecule has 0 heterocycles. The van der Waals surface area contributed by atoms with Gasteiger partial charge in [-0.3, -0.25) is 13.9 Å². The number of halogens is 2. The Balaban J connectivity index is 2.05. The van der Waals surface area contributed by atoms with Crippen molar-refractivity contribution < 1.29 is 22.7 Å². The number of hydrogen-bond donors (Lipinski definition) is 1. The highest BCUT2D eigenvalue weighted by atomic mass is 79.9. The molecule has 3 rings (SSSR count). The molecule has 0 aliphatic rings. The van der Waals surface area contributed by atoms with E-state index in [9.17, 15) is 18.0 Å². The summed E-state index contributed by atoms with van der Waals surface area (Å²) in [5, 5.41) is 3.17. The van der Waals surface area contributed by atoms with Crippen molar-refractivity contribution in [3.8, 4) is 5.75 Å². The summed E-state index contributed by atoms with van der Waals surface area (Å²) in [5.74, 6) is -0.276. The average molecular weight is 665 g/mol. The lowest BCUT2D eigenvalue weighted by Crippen LogP contribution is -2.53. The van der Waals surface area contributed by atoms with Crippen molar-refractivity contribution in [1.29, 1.82) is 0 Å².